The topological polar surface area (TPSA) is 58.6 Å². The van der Waals surface area contributed by atoms with Crippen LogP contribution >= 0.6 is 0 Å². The molecule has 0 aliphatic rings. The molecule has 0 bridgehead atoms. The van der Waals surface area contributed by atoms with E-state index in [-0.39, 0.29) is 18.6 Å². The van der Waals surface area contributed by atoms with E-state index in [9.17, 15) is 4.79 Å². The normalized spacial score (nSPS) is 13.8. The summed E-state index contributed by atoms with van der Waals surface area (Å²) in [6.07, 6.45) is 0.936. The molecule has 4 heteroatoms. The highest BCUT2D eigenvalue weighted by Gasteiger charge is 2.17. The fraction of sp³-hybridized carbons (Fsp3) is 0.900. The fourth-order valence-corrected chi connectivity index (χ4v) is 1.01. The van der Waals surface area contributed by atoms with Crippen LogP contribution in [0.4, 0.5) is 0 Å². The van der Waals surface area contributed by atoms with E-state index in [0.29, 0.717) is 12.8 Å². The maximum atomic E-state index is 11.3. The van der Waals surface area contributed by atoms with Crippen LogP contribution < -0.4 is 5.32 Å². The third-order valence-electron chi connectivity index (χ3n) is 1.75. The van der Waals surface area contributed by atoms with Gasteiger partial charge in [-0.05, 0) is 34.2 Å². The van der Waals surface area contributed by atoms with Crippen molar-refractivity contribution in [3.63, 3.8) is 0 Å². The van der Waals surface area contributed by atoms with Gasteiger partial charge in [-0.1, -0.05) is 0 Å². The number of esters is 1. The summed E-state index contributed by atoms with van der Waals surface area (Å²) < 4.78 is 5.13. The Morgan fingerprint density at radius 3 is 2.43 bits per heavy atom. The van der Waals surface area contributed by atoms with Crippen LogP contribution in [-0.4, -0.2) is 36.4 Å². The number of nitrogens with one attached hydrogen (secondary N) is 1. The summed E-state index contributed by atoms with van der Waals surface area (Å²) in [7, 11) is 1.76. The molecule has 2 N–H and O–H groups in total. The van der Waals surface area contributed by atoms with Crippen LogP contribution in [0.2, 0.25) is 0 Å². The maximum Gasteiger partial charge on any atom is 0.306 e. The van der Waals surface area contributed by atoms with E-state index in [2.05, 4.69) is 5.32 Å². The lowest BCUT2D eigenvalue weighted by Crippen LogP contribution is -2.31. The molecular weight excluding hydrogens is 182 g/mol. The number of aliphatic hydroxyl groups is 1. The molecule has 0 aromatic heterocycles. The number of likely N-dealkylation sites (N-methyl/N-ethyl adjacent to an activating group) is 1. The van der Waals surface area contributed by atoms with E-state index in [0.717, 1.165) is 0 Å². The van der Waals surface area contributed by atoms with E-state index < -0.39 is 5.60 Å². The van der Waals surface area contributed by atoms with E-state index in [1.54, 1.807) is 7.05 Å². The lowest BCUT2D eigenvalue weighted by atomic mass is 10.1. The zero-order chi connectivity index (χ0) is 11.2. The highest BCUT2D eigenvalue weighted by molar-refractivity contribution is 5.69. The maximum absolute atomic E-state index is 11.3. The molecule has 0 radical (unpaired) electrons. The SMILES string of the molecule is CN[C@@H](CO)CCC(=O)OC(C)(C)C. The van der Waals surface area contributed by atoms with Crippen molar-refractivity contribution in [2.24, 2.45) is 0 Å². The molecule has 84 valence electrons. The molecule has 0 aliphatic carbocycles. The molecular formula is C10H21NO3. The Morgan fingerprint density at radius 2 is 2.07 bits per heavy atom. The number of carbonyl (C=O) groups is 1. The van der Waals surface area contributed by atoms with Crippen LogP contribution in [0, 0.1) is 0 Å². The summed E-state index contributed by atoms with van der Waals surface area (Å²) in [5.74, 6) is -0.216. The first-order valence-corrected chi connectivity index (χ1v) is 4.89. The summed E-state index contributed by atoms with van der Waals surface area (Å²) in [6, 6.07) is -0.0254. The quantitative estimate of drug-likeness (QED) is 0.645. The van der Waals surface area contributed by atoms with E-state index in [4.69, 9.17) is 9.84 Å². The van der Waals surface area contributed by atoms with E-state index >= 15 is 0 Å². The number of carbonyl (C=O) groups excluding carboxylic acids is 1. The molecule has 0 spiro atoms. The Balaban J connectivity index is 3.74. The van der Waals surface area contributed by atoms with Gasteiger partial charge in [0.25, 0.3) is 0 Å². The van der Waals surface area contributed by atoms with Crippen LogP contribution in [-0.2, 0) is 9.53 Å². The van der Waals surface area contributed by atoms with Gasteiger partial charge in [0.1, 0.15) is 5.60 Å². The van der Waals surface area contributed by atoms with Crippen molar-refractivity contribution in [2.75, 3.05) is 13.7 Å². The summed E-state index contributed by atoms with van der Waals surface area (Å²) in [4.78, 5) is 11.3. The minimum Gasteiger partial charge on any atom is -0.460 e. The smallest absolute Gasteiger partial charge is 0.306 e. The first-order chi connectivity index (χ1) is 6.39. The van der Waals surface area contributed by atoms with Crippen molar-refractivity contribution in [1.29, 1.82) is 0 Å². The predicted octanol–water partition coefficient (Wildman–Crippen LogP) is 0.689. The van der Waals surface area contributed by atoms with Crippen molar-refractivity contribution in [3.05, 3.63) is 0 Å². The van der Waals surface area contributed by atoms with Gasteiger partial charge >= 0.3 is 5.97 Å². The van der Waals surface area contributed by atoms with E-state index in [1.165, 1.54) is 0 Å². The molecule has 1 atom stereocenters. The lowest BCUT2D eigenvalue weighted by Gasteiger charge is -2.20. The molecule has 0 rings (SSSR count). The molecule has 0 aliphatic heterocycles. The zero-order valence-corrected chi connectivity index (χ0v) is 9.46. The van der Waals surface area contributed by atoms with Crippen LogP contribution in [0.15, 0.2) is 0 Å². The summed E-state index contributed by atoms with van der Waals surface area (Å²) in [5, 5.41) is 11.8. The molecule has 0 saturated carbocycles. The molecule has 0 amide bonds. The van der Waals surface area contributed by atoms with Crippen molar-refractivity contribution in [1.82, 2.24) is 5.32 Å². The summed E-state index contributed by atoms with van der Waals surface area (Å²) >= 11 is 0. The number of aliphatic hydroxyl groups excluding tert-OH is 1. The highest BCUT2D eigenvalue weighted by Crippen LogP contribution is 2.09. The molecule has 0 fully saturated rings. The van der Waals surface area contributed by atoms with Gasteiger partial charge in [-0.2, -0.15) is 0 Å². The lowest BCUT2D eigenvalue weighted by molar-refractivity contribution is -0.155. The Bertz CT molecular complexity index is 171. The standard InChI is InChI=1S/C10H21NO3/c1-10(2,3)14-9(13)6-5-8(7-12)11-4/h8,11-12H,5-7H2,1-4H3/t8-/m1/s1. The fourth-order valence-electron chi connectivity index (χ4n) is 1.01. The molecule has 0 aromatic rings. The van der Waals surface area contributed by atoms with E-state index in [1.807, 2.05) is 20.8 Å². The predicted molar refractivity (Wildman–Crippen MR) is 55.0 cm³/mol. The summed E-state index contributed by atoms with van der Waals surface area (Å²) in [5.41, 5.74) is -0.425. The van der Waals surface area contributed by atoms with Crippen molar-refractivity contribution in [3.8, 4) is 0 Å². The molecule has 14 heavy (non-hydrogen) atoms. The third kappa shape index (κ3) is 6.86. The van der Waals surface area contributed by atoms with Crippen molar-refractivity contribution in [2.45, 2.75) is 45.3 Å². The molecule has 0 unspecified atom stereocenters. The molecule has 0 heterocycles. The van der Waals surface area contributed by atoms with Gasteiger partial charge in [0.2, 0.25) is 0 Å². The van der Waals surface area contributed by atoms with Crippen LogP contribution in [0.25, 0.3) is 0 Å². The monoisotopic (exact) mass is 203 g/mol. The number of hydrogen-bond acceptors (Lipinski definition) is 4. The van der Waals surface area contributed by atoms with Crippen molar-refractivity contribution >= 4 is 5.97 Å². The van der Waals surface area contributed by atoms with Gasteiger partial charge in [-0.25, -0.2) is 0 Å². The second-order valence-corrected chi connectivity index (χ2v) is 4.29. The van der Waals surface area contributed by atoms with Gasteiger partial charge in [0.15, 0.2) is 0 Å². The molecule has 0 aromatic carbocycles. The Kier molecular flexibility index (Phi) is 5.72. The van der Waals surface area contributed by atoms with Crippen LogP contribution in [0.1, 0.15) is 33.6 Å². The number of rotatable bonds is 5. The van der Waals surface area contributed by atoms with Gasteiger partial charge in [0.05, 0.1) is 6.61 Å². The number of ether oxygens (including phenoxy) is 1. The zero-order valence-electron chi connectivity index (χ0n) is 9.46. The van der Waals surface area contributed by atoms with Gasteiger partial charge in [-0.3, -0.25) is 4.79 Å². The average Bonchev–Trinajstić information content (AvgIpc) is 2.03. The second-order valence-electron chi connectivity index (χ2n) is 4.29. The number of hydrogen-bond donors (Lipinski definition) is 2. The Labute approximate surface area is 85.6 Å². The van der Waals surface area contributed by atoms with Gasteiger partial charge < -0.3 is 15.2 Å². The minimum atomic E-state index is -0.425. The average molecular weight is 203 g/mol. The first kappa shape index (κ1) is 13.4. The van der Waals surface area contributed by atoms with Crippen LogP contribution in [0.5, 0.6) is 0 Å². The highest BCUT2D eigenvalue weighted by atomic mass is 16.6. The minimum absolute atomic E-state index is 0.0254. The Morgan fingerprint density at radius 1 is 1.50 bits per heavy atom. The Hall–Kier alpha value is -0.610. The largest absolute Gasteiger partial charge is 0.460 e. The van der Waals surface area contributed by atoms with Crippen LogP contribution in [0.3, 0.4) is 0 Å². The third-order valence-corrected chi connectivity index (χ3v) is 1.75. The summed E-state index contributed by atoms with van der Waals surface area (Å²) in [6.45, 7) is 5.56. The van der Waals surface area contributed by atoms with Gasteiger partial charge in [0, 0.05) is 12.5 Å². The second kappa shape index (κ2) is 5.98. The van der Waals surface area contributed by atoms with Crippen molar-refractivity contribution < 1.29 is 14.6 Å². The molecule has 4 nitrogen and oxygen atoms in total. The first-order valence-electron chi connectivity index (χ1n) is 4.89. The molecule has 0 saturated heterocycles. The van der Waals surface area contributed by atoms with Gasteiger partial charge in [-0.15, -0.1) is 0 Å².